The fourth-order valence-electron chi connectivity index (χ4n) is 4.10. The number of pyridine rings is 2. The van der Waals surface area contributed by atoms with Crippen LogP contribution in [-0.4, -0.2) is 40.3 Å². The zero-order chi connectivity index (χ0) is 23.9. The molecule has 3 aromatic rings. The molecule has 34 heavy (non-hydrogen) atoms. The first-order valence-corrected chi connectivity index (χ1v) is 11.3. The van der Waals surface area contributed by atoms with E-state index in [1.54, 1.807) is 19.3 Å². The lowest BCUT2D eigenvalue weighted by Crippen LogP contribution is -2.32. The number of benzene rings is 1. The molecule has 174 valence electrons. The maximum absolute atomic E-state index is 13.8. The molecule has 0 N–H and O–H groups in total. The number of oxime groups is 1. The molecule has 1 aromatic carbocycles. The average molecular weight is 462 g/mol. The summed E-state index contributed by atoms with van der Waals surface area (Å²) in [4.78, 5) is 16.3. The van der Waals surface area contributed by atoms with Gasteiger partial charge in [0.15, 0.2) is 11.6 Å². The highest BCUT2D eigenvalue weighted by atomic mass is 19.2. The van der Waals surface area contributed by atoms with Crippen LogP contribution in [0.2, 0.25) is 0 Å². The van der Waals surface area contributed by atoms with Crippen molar-refractivity contribution in [2.24, 2.45) is 5.16 Å². The molecule has 1 aliphatic rings. The van der Waals surface area contributed by atoms with Gasteiger partial charge in [-0.15, -0.1) is 0 Å². The van der Waals surface area contributed by atoms with Gasteiger partial charge < -0.3 is 4.84 Å². The Labute approximate surface area is 197 Å². The Morgan fingerprint density at radius 2 is 1.94 bits per heavy atom. The van der Waals surface area contributed by atoms with Gasteiger partial charge in [-0.1, -0.05) is 11.2 Å². The molecular weight excluding hydrogens is 436 g/mol. The van der Waals surface area contributed by atoms with Gasteiger partial charge in [-0.3, -0.25) is 14.9 Å². The molecule has 0 unspecified atom stereocenters. The Kier molecular flexibility index (Phi) is 7.55. The predicted octanol–water partition coefficient (Wildman–Crippen LogP) is 4.79. The number of piperidine rings is 1. The van der Waals surface area contributed by atoms with E-state index in [4.69, 9.17) is 10.1 Å². The third-order valence-electron chi connectivity index (χ3n) is 5.90. The topological polar surface area (TPSA) is 74.4 Å². The zero-order valence-electron chi connectivity index (χ0n) is 18.9. The minimum atomic E-state index is -0.947. The standard InChI is InChI=1S/C26H25F2N5O/c1-2-34-32-26(21-4-5-23(27)24(28)12-21)25-6-3-18(15-31-25)17-33-9-7-20(8-10-33)22-11-19(13-29)14-30-16-22/h3-6,11-12,14-16,20H,2,7-10,17H2,1H3. The van der Waals surface area contributed by atoms with Gasteiger partial charge >= 0.3 is 0 Å². The molecule has 1 saturated heterocycles. The highest BCUT2D eigenvalue weighted by molar-refractivity contribution is 6.11. The van der Waals surface area contributed by atoms with Gasteiger partial charge in [-0.05, 0) is 80.2 Å². The Bertz CT molecular complexity index is 1200. The number of nitriles is 1. The number of hydrogen-bond acceptors (Lipinski definition) is 6. The van der Waals surface area contributed by atoms with Gasteiger partial charge in [0, 0.05) is 30.7 Å². The van der Waals surface area contributed by atoms with E-state index in [1.165, 1.54) is 6.07 Å². The van der Waals surface area contributed by atoms with Crippen LogP contribution in [0.25, 0.3) is 0 Å². The normalized spacial score (nSPS) is 15.2. The van der Waals surface area contributed by atoms with Crippen LogP contribution in [0.1, 0.15) is 53.6 Å². The van der Waals surface area contributed by atoms with E-state index in [0.717, 1.165) is 55.7 Å². The van der Waals surface area contributed by atoms with E-state index in [9.17, 15) is 8.78 Å². The van der Waals surface area contributed by atoms with Crippen molar-refractivity contribution in [3.63, 3.8) is 0 Å². The molecule has 1 fully saturated rings. The fraction of sp³-hybridized carbons (Fsp3) is 0.308. The number of likely N-dealkylation sites (tertiary alicyclic amines) is 1. The summed E-state index contributed by atoms with van der Waals surface area (Å²) in [5, 5.41) is 13.2. The summed E-state index contributed by atoms with van der Waals surface area (Å²) in [6, 6.07) is 11.5. The lowest BCUT2D eigenvalue weighted by Gasteiger charge is -2.32. The summed E-state index contributed by atoms with van der Waals surface area (Å²) in [6.07, 6.45) is 7.24. The second-order valence-electron chi connectivity index (χ2n) is 8.21. The molecule has 1 aliphatic heterocycles. The van der Waals surface area contributed by atoms with Crippen LogP contribution in [0.15, 0.2) is 60.1 Å². The summed E-state index contributed by atoms with van der Waals surface area (Å²) >= 11 is 0. The lowest BCUT2D eigenvalue weighted by atomic mass is 9.90. The molecule has 4 rings (SSSR count). The van der Waals surface area contributed by atoms with Gasteiger partial charge in [0.25, 0.3) is 0 Å². The molecule has 0 radical (unpaired) electrons. The van der Waals surface area contributed by atoms with E-state index in [0.29, 0.717) is 35.1 Å². The highest BCUT2D eigenvalue weighted by Gasteiger charge is 2.21. The average Bonchev–Trinajstić information content (AvgIpc) is 2.87. The number of aromatic nitrogens is 2. The number of hydrogen-bond donors (Lipinski definition) is 0. The molecule has 0 saturated carbocycles. The van der Waals surface area contributed by atoms with Crippen LogP contribution in [0.3, 0.4) is 0 Å². The van der Waals surface area contributed by atoms with Crippen molar-refractivity contribution in [2.45, 2.75) is 32.2 Å². The van der Waals surface area contributed by atoms with Crippen molar-refractivity contribution in [3.8, 4) is 6.07 Å². The maximum Gasteiger partial charge on any atom is 0.159 e. The van der Waals surface area contributed by atoms with Gasteiger partial charge in [0.1, 0.15) is 18.4 Å². The predicted molar refractivity (Wildman–Crippen MR) is 124 cm³/mol. The van der Waals surface area contributed by atoms with Crippen molar-refractivity contribution in [2.75, 3.05) is 19.7 Å². The number of rotatable bonds is 7. The van der Waals surface area contributed by atoms with Gasteiger partial charge in [-0.2, -0.15) is 5.26 Å². The Hall–Kier alpha value is -3.70. The summed E-state index contributed by atoms with van der Waals surface area (Å²) in [7, 11) is 0. The van der Waals surface area contributed by atoms with Crippen molar-refractivity contribution in [3.05, 3.63) is 94.6 Å². The molecule has 2 aromatic heterocycles. The van der Waals surface area contributed by atoms with Crippen molar-refractivity contribution >= 4 is 5.71 Å². The van der Waals surface area contributed by atoms with Crippen LogP contribution in [0, 0.1) is 23.0 Å². The molecule has 0 bridgehead atoms. The van der Waals surface area contributed by atoms with Gasteiger partial charge in [-0.25, -0.2) is 8.78 Å². The highest BCUT2D eigenvalue weighted by Crippen LogP contribution is 2.28. The molecule has 0 atom stereocenters. The van der Waals surface area contributed by atoms with Crippen LogP contribution < -0.4 is 0 Å². The summed E-state index contributed by atoms with van der Waals surface area (Å²) in [6.45, 7) is 4.78. The molecule has 0 aliphatic carbocycles. The maximum atomic E-state index is 13.8. The summed E-state index contributed by atoms with van der Waals surface area (Å²) in [5.74, 6) is -1.46. The minimum absolute atomic E-state index is 0.345. The van der Waals surface area contributed by atoms with E-state index >= 15 is 0 Å². The summed E-state index contributed by atoms with van der Waals surface area (Å²) in [5.41, 5.74) is 4.04. The third-order valence-corrected chi connectivity index (χ3v) is 5.90. The van der Waals surface area contributed by atoms with Crippen LogP contribution >= 0.6 is 0 Å². The molecular formula is C26H25F2N5O. The zero-order valence-corrected chi connectivity index (χ0v) is 18.9. The quantitative estimate of drug-likeness (QED) is 0.373. The van der Waals surface area contributed by atoms with E-state index in [-0.39, 0.29) is 0 Å². The summed E-state index contributed by atoms with van der Waals surface area (Å²) < 4.78 is 27.1. The van der Waals surface area contributed by atoms with Gasteiger partial charge in [0.2, 0.25) is 0 Å². The molecule has 0 spiro atoms. The fourth-order valence-corrected chi connectivity index (χ4v) is 4.10. The van der Waals surface area contributed by atoms with Crippen molar-refractivity contribution < 1.29 is 13.6 Å². The Balaban J connectivity index is 1.41. The largest absolute Gasteiger partial charge is 0.396 e. The molecule has 6 nitrogen and oxygen atoms in total. The minimum Gasteiger partial charge on any atom is -0.396 e. The SMILES string of the molecule is CCON=C(c1ccc(F)c(F)c1)c1ccc(CN2CCC(c3cncc(C#N)c3)CC2)cn1. The van der Waals surface area contributed by atoms with E-state index in [1.807, 2.05) is 24.4 Å². The van der Waals surface area contributed by atoms with Crippen LogP contribution in [0.4, 0.5) is 8.78 Å². The van der Waals surface area contributed by atoms with Crippen molar-refractivity contribution in [1.29, 1.82) is 5.26 Å². The first-order valence-electron chi connectivity index (χ1n) is 11.3. The smallest absolute Gasteiger partial charge is 0.159 e. The Morgan fingerprint density at radius 3 is 2.62 bits per heavy atom. The second-order valence-corrected chi connectivity index (χ2v) is 8.21. The van der Waals surface area contributed by atoms with Gasteiger partial charge in [0.05, 0.1) is 11.3 Å². The van der Waals surface area contributed by atoms with E-state index in [2.05, 4.69) is 26.1 Å². The van der Waals surface area contributed by atoms with Crippen LogP contribution in [0.5, 0.6) is 0 Å². The Morgan fingerprint density at radius 1 is 1.12 bits per heavy atom. The molecule has 0 amide bonds. The van der Waals surface area contributed by atoms with Crippen molar-refractivity contribution in [1.82, 2.24) is 14.9 Å². The number of nitrogens with zero attached hydrogens (tertiary/aromatic N) is 5. The first-order chi connectivity index (χ1) is 16.6. The first kappa shape index (κ1) is 23.5. The third kappa shape index (κ3) is 5.61. The monoisotopic (exact) mass is 461 g/mol. The molecule has 3 heterocycles. The number of halogens is 2. The lowest BCUT2D eigenvalue weighted by molar-refractivity contribution is 0.159. The van der Waals surface area contributed by atoms with E-state index < -0.39 is 11.6 Å². The molecule has 8 heteroatoms. The second kappa shape index (κ2) is 10.9. The van der Waals surface area contributed by atoms with Crippen LogP contribution in [-0.2, 0) is 11.4 Å².